The number of halogens is 1. The maximum atomic E-state index is 12.4. The molecular weight excluding hydrogens is 314 g/mol. The van der Waals surface area contributed by atoms with E-state index in [-0.39, 0.29) is 6.03 Å². The molecule has 0 radical (unpaired) electrons. The number of anilines is 1. The van der Waals surface area contributed by atoms with Crippen LogP contribution >= 0.6 is 11.6 Å². The van der Waals surface area contributed by atoms with Crippen LogP contribution in [0.1, 0.15) is 26.2 Å². The molecule has 6 heteroatoms. The fourth-order valence-corrected chi connectivity index (χ4v) is 2.90. The molecule has 1 heterocycles. The zero-order chi connectivity index (χ0) is 16.7. The van der Waals surface area contributed by atoms with Crippen molar-refractivity contribution in [1.29, 1.82) is 0 Å². The van der Waals surface area contributed by atoms with Crippen molar-refractivity contribution in [3.05, 3.63) is 23.2 Å². The fourth-order valence-electron chi connectivity index (χ4n) is 2.73. The zero-order valence-electron chi connectivity index (χ0n) is 14.0. The molecule has 2 amide bonds. The molecule has 1 aromatic rings. The van der Waals surface area contributed by atoms with Gasteiger partial charge >= 0.3 is 6.03 Å². The molecular formula is C17H26ClN3O2. The Hall–Kier alpha value is -1.46. The summed E-state index contributed by atoms with van der Waals surface area (Å²) in [6, 6.07) is 5.10. The monoisotopic (exact) mass is 339 g/mol. The van der Waals surface area contributed by atoms with E-state index in [2.05, 4.69) is 17.1 Å². The summed E-state index contributed by atoms with van der Waals surface area (Å²) in [6.45, 7) is 6.72. The molecule has 0 aromatic heterocycles. The first kappa shape index (κ1) is 17.9. The van der Waals surface area contributed by atoms with Gasteiger partial charge in [0.2, 0.25) is 0 Å². The zero-order valence-corrected chi connectivity index (χ0v) is 14.7. The highest BCUT2D eigenvalue weighted by molar-refractivity contribution is 6.31. The summed E-state index contributed by atoms with van der Waals surface area (Å²) in [5.41, 5.74) is 0.607. The SMILES string of the molecule is CCCCCN1CCN(C(=O)Nc2cc(Cl)ccc2OC)CC1. The van der Waals surface area contributed by atoms with Gasteiger partial charge in [0.05, 0.1) is 12.8 Å². The molecule has 0 spiro atoms. The van der Waals surface area contributed by atoms with Gasteiger partial charge in [-0.15, -0.1) is 0 Å². The fraction of sp³-hybridized carbons (Fsp3) is 0.588. The Morgan fingerprint density at radius 1 is 1.26 bits per heavy atom. The molecule has 0 aliphatic carbocycles. The second kappa shape index (κ2) is 8.99. The lowest BCUT2D eigenvalue weighted by atomic mass is 10.2. The quantitative estimate of drug-likeness (QED) is 0.804. The van der Waals surface area contributed by atoms with Gasteiger partial charge in [-0.2, -0.15) is 0 Å². The molecule has 1 saturated heterocycles. The minimum absolute atomic E-state index is 0.0984. The van der Waals surface area contributed by atoms with E-state index in [1.165, 1.54) is 19.3 Å². The van der Waals surface area contributed by atoms with Gasteiger partial charge < -0.3 is 15.0 Å². The lowest BCUT2D eigenvalue weighted by Crippen LogP contribution is -2.50. The Morgan fingerprint density at radius 2 is 2.00 bits per heavy atom. The van der Waals surface area contributed by atoms with E-state index in [1.807, 2.05) is 4.90 Å². The van der Waals surface area contributed by atoms with Crippen LogP contribution in [-0.2, 0) is 0 Å². The number of benzene rings is 1. The van der Waals surface area contributed by atoms with Crippen LogP contribution in [0.25, 0.3) is 0 Å². The third kappa shape index (κ3) is 5.29. The van der Waals surface area contributed by atoms with Crippen LogP contribution in [0, 0.1) is 0 Å². The van der Waals surface area contributed by atoms with Crippen molar-refractivity contribution in [2.24, 2.45) is 0 Å². The number of unbranched alkanes of at least 4 members (excludes halogenated alkanes) is 2. The molecule has 0 saturated carbocycles. The Bertz CT molecular complexity index is 517. The average Bonchev–Trinajstić information content (AvgIpc) is 2.56. The highest BCUT2D eigenvalue weighted by Gasteiger charge is 2.21. The molecule has 1 aliphatic heterocycles. The summed E-state index contributed by atoms with van der Waals surface area (Å²) in [7, 11) is 1.58. The Labute approximate surface area is 143 Å². The molecule has 1 fully saturated rings. The van der Waals surface area contributed by atoms with Gasteiger partial charge in [0.25, 0.3) is 0 Å². The van der Waals surface area contributed by atoms with E-state index in [9.17, 15) is 4.79 Å². The van der Waals surface area contributed by atoms with E-state index < -0.39 is 0 Å². The number of nitrogens with zero attached hydrogens (tertiary/aromatic N) is 2. The first-order valence-electron chi connectivity index (χ1n) is 8.26. The number of nitrogens with one attached hydrogen (secondary N) is 1. The highest BCUT2D eigenvalue weighted by Crippen LogP contribution is 2.28. The van der Waals surface area contributed by atoms with Gasteiger partial charge in [-0.25, -0.2) is 4.79 Å². The van der Waals surface area contributed by atoms with E-state index in [0.29, 0.717) is 16.5 Å². The summed E-state index contributed by atoms with van der Waals surface area (Å²) < 4.78 is 5.26. The number of methoxy groups -OCH3 is 1. The molecule has 0 unspecified atom stereocenters. The lowest BCUT2D eigenvalue weighted by molar-refractivity contribution is 0.146. The number of piperazine rings is 1. The highest BCUT2D eigenvalue weighted by atomic mass is 35.5. The first-order chi connectivity index (χ1) is 11.1. The maximum Gasteiger partial charge on any atom is 0.322 e. The van der Waals surface area contributed by atoms with Crippen LogP contribution in [0.4, 0.5) is 10.5 Å². The standard InChI is InChI=1S/C17H26ClN3O2/c1-3-4-5-8-20-9-11-21(12-10-20)17(22)19-15-13-14(18)6-7-16(15)23-2/h6-7,13H,3-5,8-12H2,1-2H3,(H,19,22). The number of amides is 2. The predicted octanol–water partition coefficient (Wildman–Crippen LogP) is 3.69. The number of ether oxygens (including phenoxy) is 1. The van der Waals surface area contributed by atoms with Crippen molar-refractivity contribution in [3.8, 4) is 5.75 Å². The van der Waals surface area contributed by atoms with Crippen molar-refractivity contribution in [2.75, 3.05) is 45.2 Å². The molecule has 5 nitrogen and oxygen atoms in total. The van der Waals surface area contributed by atoms with Gasteiger partial charge in [0.1, 0.15) is 5.75 Å². The molecule has 1 aliphatic rings. The Kier molecular flexibility index (Phi) is 6.99. The van der Waals surface area contributed by atoms with Gasteiger partial charge in [-0.1, -0.05) is 31.4 Å². The molecule has 128 valence electrons. The maximum absolute atomic E-state index is 12.4. The molecule has 23 heavy (non-hydrogen) atoms. The van der Waals surface area contributed by atoms with Crippen LogP contribution in [0.3, 0.4) is 0 Å². The van der Waals surface area contributed by atoms with Crippen LogP contribution in [0.2, 0.25) is 5.02 Å². The van der Waals surface area contributed by atoms with Crippen molar-refractivity contribution >= 4 is 23.3 Å². The summed E-state index contributed by atoms with van der Waals surface area (Å²) in [4.78, 5) is 16.7. The van der Waals surface area contributed by atoms with Crippen molar-refractivity contribution in [3.63, 3.8) is 0 Å². The van der Waals surface area contributed by atoms with Crippen molar-refractivity contribution < 1.29 is 9.53 Å². The number of carbonyl (C=O) groups is 1. The smallest absolute Gasteiger partial charge is 0.322 e. The third-order valence-electron chi connectivity index (χ3n) is 4.14. The van der Waals surface area contributed by atoms with E-state index in [4.69, 9.17) is 16.3 Å². The number of hydrogen-bond acceptors (Lipinski definition) is 3. The van der Waals surface area contributed by atoms with Gasteiger partial charge in [-0.05, 0) is 31.2 Å². The number of hydrogen-bond donors (Lipinski definition) is 1. The largest absolute Gasteiger partial charge is 0.495 e. The van der Waals surface area contributed by atoms with Crippen LogP contribution < -0.4 is 10.1 Å². The Balaban J connectivity index is 1.84. The van der Waals surface area contributed by atoms with Gasteiger partial charge in [0.15, 0.2) is 0 Å². The van der Waals surface area contributed by atoms with E-state index in [1.54, 1.807) is 25.3 Å². The minimum Gasteiger partial charge on any atom is -0.495 e. The van der Waals surface area contributed by atoms with Crippen molar-refractivity contribution in [2.45, 2.75) is 26.2 Å². The van der Waals surface area contributed by atoms with Gasteiger partial charge in [0, 0.05) is 31.2 Å². The molecule has 2 rings (SSSR count). The van der Waals surface area contributed by atoms with Crippen LogP contribution in [-0.4, -0.2) is 55.7 Å². The van der Waals surface area contributed by atoms with Gasteiger partial charge in [-0.3, -0.25) is 4.90 Å². The van der Waals surface area contributed by atoms with E-state index >= 15 is 0 Å². The number of urea groups is 1. The van der Waals surface area contributed by atoms with Crippen LogP contribution in [0.5, 0.6) is 5.75 Å². The number of carbonyl (C=O) groups excluding carboxylic acids is 1. The predicted molar refractivity (Wildman–Crippen MR) is 94.6 cm³/mol. The summed E-state index contributed by atoms with van der Waals surface area (Å²) in [5, 5.41) is 3.47. The van der Waals surface area contributed by atoms with Crippen molar-refractivity contribution in [1.82, 2.24) is 9.80 Å². The average molecular weight is 340 g/mol. The molecule has 1 N–H and O–H groups in total. The second-order valence-electron chi connectivity index (χ2n) is 5.81. The normalized spacial score (nSPS) is 15.5. The van der Waals surface area contributed by atoms with Crippen LogP contribution in [0.15, 0.2) is 18.2 Å². The molecule has 0 bridgehead atoms. The lowest BCUT2D eigenvalue weighted by Gasteiger charge is -2.34. The summed E-state index contributed by atoms with van der Waals surface area (Å²) in [5.74, 6) is 0.612. The second-order valence-corrected chi connectivity index (χ2v) is 6.25. The topological polar surface area (TPSA) is 44.8 Å². The molecule has 0 atom stereocenters. The molecule has 1 aromatic carbocycles. The first-order valence-corrected chi connectivity index (χ1v) is 8.63. The summed E-state index contributed by atoms with van der Waals surface area (Å²) in [6.07, 6.45) is 3.75. The summed E-state index contributed by atoms with van der Waals surface area (Å²) >= 11 is 6.00. The number of rotatable bonds is 6. The third-order valence-corrected chi connectivity index (χ3v) is 4.38. The Morgan fingerprint density at radius 3 is 2.65 bits per heavy atom. The van der Waals surface area contributed by atoms with E-state index in [0.717, 1.165) is 32.7 Å². The minimum atomic E-state index is -0.0984.